The Morgan fingerprint density at radius 2 is 2.10 bits per heavy atom. The van der Waals surface area contributed by atoms with Crippen LogP contribution in [0.2, 0.25) is 5.02 Å². The van der Waals surface area contributed by atoms with Crippen LogP contribution < -0.4 is 14.8 Å². The lowest BCUT2D eigenvalue weighted by Crippen LogP contribution is -2.16. The van der Waals surface area contributed by atoms with Crippen LogP contribution in [0.1, 0.15) is 4.88 Å². The van der Waals surface area contributed by atoms with Crippen LogP contribution in [-0.2, 0) is 16.6 Å². The second kappa shape index (κ2) is 6.65. The molecule has 114 valence electrons. The average Bonchev–Trinajstić information content (AvgIpc) is 2.91. The van der Waals surface area contributed by atoms with Gasteiger partial charge in [-0.15, -0.1) is 11.3 Å². The number of ether oxygens (including phenoxy) is 1. The maximum atomic E-state index is 12.5. The molecule has 1 heterocycles. The van der Waals surface area contributed by atoms with Crippen molar-refractivity contribution in [2.45, 2.75) is 11.4 Å². The van der Waals surface area contributed by atoms with Crippen molar-refractivity contribution in [2.75, 3.05) is 18.9 Å². The van der Waals surface area contributed by atoms with Crippen molar-refractivity contribution in [2.24, 2.45) is 0 Å². The number of thiophene rings is 1. The van der Waals surface area contributed by atoms with Crippen molar-refractivity contribution in [3.05, 3.63) is 39.5 Å². The Labute approximate surface area is 133 Å². The molecule has 2 rings (SSSR count). The Kier molecular flexibility index (Phi) is 5.10. The van der Waals surface area contributed by atoms with Crippen molar-refractivity contribution in [3.63, 3.8) is 0 Å². The first-order chi connectivity index (χ1) is 9.97. The monoisotopic (exact) mass is 346 g/mol. The molecule has 0 spiro atoms. The van der Waals surface area contributed by atoms with Crippen LogP contribution >= 0.6 is 22.9 Å². The van der Waals surface area contributed by atoms with Crippen LogP contribution in [0.25, 0.3) is 0 Å². The number of rotatable bonds is 6. The molecule has 0 saturated carbocycles. The minimum atomic E-state index is -3.69. The molecule has 2 aromatic rings. The SMILES string of the molecule is CNCc1sccc1S(=O)(=O)Nc1cc(OC)ccc1Cl. The van der Waals surface area contributed by atoms with Crippen LogP contribution in [0.3, 0.4) is 0 Å². The van der Waals surface area contributed by atoms with Crippen molar-refractivity contribution < 1.29 is 13.2 Å². The molecule has 0 amide bonds. The predicted octanol–water partition coefficient (Wildman–Crippen LogP) is 2.93. The maximum absolute atomic E-state index is 12.5. The number of sulfonamides is 1. The number of hydrogen-bond donors (Lipinski definition) is 2. The molecule has 0 aliphatic rings. The minimum absolute atomic E-state index is 0.251. The highest BCUT2D eigenvalue weighted by Gasteiger charge is 2.20. The summed E-state index contributed by atoms with van der Waals surface area (Å²) in [4.78, 5) is 0.991. The van der Waals surface area contributed by atoms with E-state index in [2.05, 4.69) is 10.0 Å². The Balaban J connectivity index is 2.35. The number of benzene rings is 1. The summed E-state index contributed by atoms with van der Waals surface area (Å²) in [6.07, 6.45) is 0. The normalized spacial score (nSPS) is 11.4. The quantitative estimate of drug-likeness (QED) is 0.844. The van der Waals surface area contributed by atoms with Gasteiger partial charge >= 0.3 is 0 Å². The smallest absolute Gasteiger partial charge is 0.263 e. The first kappa shape index (κ1) is 16.1. The van der Waals surface area contributed by atoms with Gasteiger partial charge in [-0.25, -0.2) is 8.42 Å². The summed E-state index contributed by atoms with van der Waals surface area (Å²) >= 11 is 7.41. The molecule has 1 aromatic heterocycles. The van der Waals surface area contributed by atoms with Crippen molar-refractivity contribution in [1.29, 1.82) is 0 Å². The average molecular weight is 347 g/mol. The molecule has 0 aliphatic heterocycles. The van der Waals surface area contributed by atoms with Crippen LogP contribution in [0.15, 0.2) is 34.5 Å². The number of nitrogens with one attached hydrogen (secondary N) is 2. The van der Waals surface area contributed by atoms with Crippen molar-refractivity contribution >= 4 is 38.6 Å². The zero-order chi connectivity index (χ0) is 15.5. The highest BCUT2D eigenvalue weighted by atomic mass is 35.5. The molecular weight excluding hydrogens is 332 g/mol. The molecule has 0 fully saturated rings. The van der Waals surface area contributed by atoms with Gasteiger partial charge in [0.2, 0.25) is 0 Å². The standard InChI is InChI=1S/C13H15ClN2O3S2/c1-15-8-12-13(5-6-20-12)21(17,18)16-11-7-9(19-2)3-4-10(11)14/h3-7,15-16H,8H2,1-2H3. The van der Waals surface area contributed by atoms with Gasteiger partial charge < -0.3 is 10.1 Å². The van der Waals surface area contributed by atoms with E-state index >= 15 is 0 Å². The zero-order valence-electron chi connectivity index (χ0n) is 11.5. The third kappa shape index (κ3) is 3.68. The molecule has 2 N–H and O–H groups in total. The van der Waals surface area contributed by atoms with Crippen molar-refractivity contribution in [3.8, 4) is 5.75 Å². The molecule has 0 radical (unpaired) electrons. The fourth-order valence-electron chi connectivity index (χ4n) is 1.77. The van der Waals surface area contributed by atoms with Crippen LogP contribution in [0.5, 0.6) is 5.75 Å². The van der Waals surface area contributed by atoms with E-state index in [9.17, 15) is 8.42 Å². The van der Waals surface area contributed by atoms with E-state index in [1.807, 2.05) is 0 Å². The molecule has 0 unspecified atom stereocenters. The topological polar surface area (TPSA) is 67.4 Å². The molecule has 0 atom stereocenters. The van der Waals surface area contributed by atoms with Gasteiger partial charge in [0, 0.05) is 17.5 Å². The molecule has 0 aliphatic carbocycles. The summed E-state index contributed by atoms with van der Waals surface area (Å²) in [6, 6.07) is 6.37. The molecule has 1 aromatic carbocycles. The summed E-state index contributed by atoms with van der Waals surface area (Å²) in [5.74, 6) is 0.526. The largest absolute Gasteiger partial charge is 0.497 e. The van der Waals surface area contributed by atoms with E-state index in [0.29, 0.717) is 17.3 Å². The number of anilines is 1. The highest BCUT2D eigenvalue weighted by Crippen LogP contribution is 2.30. The van der Waals surface area contributed by atoms with Gasteiger partial charge in [0.05, 0.1) is 17.8 Å². The predicted molar refractivity (Wildman–Crippen MR) is 85.9 cm³/mol. The molecule has 5 nitrogen and oxygen atoms in total. The van der Waals surface area contributed by atoms with E-state index < -0.39 is 10.0 Å². The Hall–Kier alpha value is -1.28. The lowest BCUT2D eigenvalue weighted by molar-refractivity contribution is 0.415. The van der Waals surface area contributed by atoms with Gasteiger partial charge in [-0.05, 0) is 30.6 Å². The lowest BCUT2D eigenvalue weighted by Gasteiger charge is -2.11. The number of halogens is 1. The summed E-state index contributed by atoms with van der Waals surface area (Å²) < 4.78 is 32.5. The molecular formula is C13H15ClN2O3S2. The van der Waals surface area contributed by atoms with Gasteiger partial charge in [-0.2, -0.15) is 0 Å². The minimum Gasteiger partial charge on any atom is -0.497 e. The lowest BCUT2D eigenvalue weighted by atomic mass is 10.3. The molecule has 0 bridgehead atoms. The Morgan fingerprint density at radius 1 is 1.33 bits per heavy atom. The Bertz CT molecular complexity index is 729. The van der Waals surface area contributed by atoms with E-state index in [-0.39, 0.29) is 10.6 Å². The van der Waals surface area contributed by atoms with Crippen LogP contribution in [-0.4, -0.2) is 22.6 Å². The number of hydrogen-bond acceptors (Lipinski definition) is 5. The first-order valence-electron chi connectivity index (χ1n) is 6.05. The third-order valence-electron chi connectivity index (χ3n) is 2.75. The third-order valence-corrected chi connectivity index (χ3v) is 5.58. The second-order valence-corrected chi connectivity index (χ2v) is 7.25. The van der Waals surface area contributed by atoms with Gasteiger partial charge in [-0.1, -0.05) is 11.6 Å². The van der Waals surface area contributed by atoms with E-state index in [0.717, 1.165) is 4.88 Å². The van der Waals surface area contributed by atoms with Crippen LogP contribution in [0, 0.1) is 0 Å². The fraction of sp³-hybridized carbons (Fsp3) is 0.231. The van der Waals surface area contributed by atoms with Gasteiger partial charge in [0.1, 0.15) is 10.6 Å². The summed E-state index contributed by atoms with van der Waals surface area (Å²) in [7, 11) is -0.418. The van der Waals surface area contributed by atoms with Crippen LogP contribution in [0.4, 0.5) is 5.69 Å². The van der Waals surface area contributed by atoms with Crippen molar-refractivity contribution in [1.82, 2.24) is 5.32 Å². The summed E-state index contributed by atoms with van der Waals surface area (Å²) in [6.45, 7) is 0.486. The fourth-order valence-corrected chi connectivity index (χ4v) is 4.52. The molecule has 21 heavy (non-hydrogen) atoms. The van der Waals surface area contributed by atoms with Gasteiger partial charge in [0.25, 0.3) is 10.0 Å². The molecule has 8 heteroatoms. The Morgan fingerprint density at radius 3 is 2.76 bits per heavy atom. The van der Waals surface area contributed by atoms with E-state index in [4.69, 9.17) is 16.3 Å². The second-order valence-electron chi connectivity index (χ2n) is 4.19. The molecule has 0 saturated heterocycles. The van der Waals surface area contributed by atoms with Gasteiger partial charge in [0.15, 0.2) is 0 Å². The summed E-state index contributed by atoms with van der Waals surface area (Å²) in [5.41, 5.74) is 0.289. The van der Waals surface area contributed by atoms with E-state index in [1.54, 1.807) is 36.7 Å². The van der Waals surface area contributed by atoms with E-state index in [1.165, 1.54) is 18.4 Å². The maximum Gasteiger partial charge on any atom is 0.263 e. The van der Waals surface area contributed by atoms with Gasteiger partial charge in [-0.3, -0.25) is 4.72 Å². The summed E-state index contributed by atoms with van der Waals surface area (Å²) in [5, 5.41) is 5.00. The number of methoxy groups -OCH3 is 1. The zero-order valence-corrected chi connectivity index (χ0v) is 13.9. The first-order valence-corrected chi connectivity index (χ1v) is 8.79. The highest BCUT2D eigenvalue weighted by molar-refractivity contribution is 7.93.